The molecule has 4 nitrogen and oxygen atoms in total. The number of carbonyl (C=O) groups excluding carboxylic acids is 1. The molecule has 0 spiro atoms. The first-order chi connectivity index (χ1) is 16.4. The van der Waals surface area contributed by atoms with Gasteiger partial charge < -0.3 is 15.4 Å². The minimum Gasteiger partial charge on any atom is -0.465 e. The Kier molecular flexibility index (Phi) is 7.26. The first-order valence-corrected chi connectivity index (χ1v) is 12.3. The predicted molar refractivity (Wildman–Crippen MR) is 143 cm³/mol. The van der Waals surface area contributed by atoms with E-state index in [1.165, 1.54) is 20.0 Å². The van der Waals surface area contributed by atoms with Crippen LogP contribution in [0.3, 0.4) is 0 Å². The average Bonchev–Trinajstić information content (AvgIpc) is 3.67. The summed E-state index contributed by atoms with van der Waals surface area (Å²) in [6, 6.07) is 19.0. The Morgan fingerprint density at radius 1 is 0.941 bits per heavy atom. The minimum absolute atomic E-state index is 0.302. The highest BCUT2D eigenvalue weighted by molar-refractivity contribution is 6.02. The van der Waals surface area contributed by atoms with E-state index in [9.17, 15) is 4.79 Å². The number of hydrogen-bond acceptors (Lipinski definition) is 4. The van der Waals surface area contributed by atoms with Gasteiger partial charge in [0.2, 0.25) is 0 Å². The first-order valence-electron chi connectivity index (χ1n) is 12.3. The summed E-state index contributed by atoms with van der Waals surface area (Å²) in [4.78, 5) is 13.0. The summed E-state index contributed by atoms with van der Waals surface area (Å²) >= 11 is 0. The molecule has 0 radical (unpaired) electrons. The quantitative estimate of drug-likeness (QED) is 0.331. The number of aryl methyl sites for hydroxylation is 1. The number of methoxy groups -OCH3 is 1. The van der Waals surface area contributed by atoms with Crippen LogP contribution in [0.15, 0.2) is 54.6 Å². The Hall–Kier alpha value is -3.27. The van der Waals surface area contributed by atoms with Gasteiger partial charge in [0.05, 0.1) is 12.7 Å². The molecule has 0 bridgehead atoms. The maximum Gasteiger partial charge on any atom is 0.338 e. The summed E-state index contributed by atoms with van der Waals surface area (Å²) in [5.41, 5.74) is 8.97. The molecule has 0 aliphatic heterocycles. The van der Waals surface area contributed by atoms with Crippen molar-refractivity contribution in [2.75, 3.05) is 30.8 Å². The SMILES string of the molecule is COC(=O)c1c(C)c(-c2ccc(NCC(C)C)cc2)cc(C)c1-c1ccc(NCC2CC2)cc1. The molecule has 178 valence electrons. The normalized spacial score (nSPS) is 13.1. The lowest BCUT2D eigenvalue weighted by Gasteiger charge is -2.19. The van der Waals surface area contributed by atoms with Crippen molar-refractivity contribution < 1.29 is 9.53 Å². The number of ether oxygens (including phenoxy) is 1. The lowest BCUT2D eigenvalue weighted by molar-refractivity contribution is 0.0601. The summed E-state index contributed by atoms with van der Waals surface area (Å²) in [5.74, 6) is 1.11. The highest BCUT2D eigenvalue weighted by Gasteiger charge is 2.23. The highest BCUT2D eigenvalue weighted by atomic mass is 16.5. The van der Waals surface area contributed by atoms with Gasteiger partial charge in [-0.3, -0.25) is 0 Å². The monoisotopic (exact) mass is 456 g/mol. The van der Waals surface area contributed by atoms with Crippen LogP contribution in [0.25, 0.3) is 22.3 Å². The van der Waals surface area contributed by atoms with Crippen LogP contribution in [0, 0.1) is 25.7 Å². The standard InChI is InChI=1S/C30H36N2O2/c1-19(2)17-31-25-12-8-23(9-13-25)27-16-20(3)28(29(21(27)4)30(33)34-5)24-10-14-26(15-11-24)32-18-22-6-7-22/h8-16,19,22,31-32H,6-7,17-18H2,1-5H3. The largest absolute Gasteiger partial charge is 0.465 e. The third-order valence-corrected chi connectivity index (χ3v) is 6.55. The van der Waals surface area contributed by atoms with Crippen LogP contribution in [0.4, 0.5) is 11.4 Å². The molecule has 1 saturated carbocycles. The molecule has 1 aliphatic carbocycles. The van der Waals surface area contributed by atoms with Crippen LogP contribution in [-0.2, 0) is 4.74 Å². The fourth-order valence-corrected chi connectivity index (χ4v) is 4.37. The number of anilines is 2. The van der Waals surface area contributed by atoms with Crippen LogP contribution in [0.2, 0.25) is 0 Å². The van der Waals surface area contributed by atoms with E-state index < -0.39 is 0 Å². The maximum absolute atomic E-state index is 13.0. The molecule has 34 heavy (non-hydrogen) atoms. The maximum atomic E-state index is 13.0. The van der Waals surface area contributed by atoms with Crippen LogP contribution >= 0.6 is 0 Å². The van der Waals surface area contributed by atoms with Crippen LogP contribution < -0.4 is 10.6 Å². The summed E-state index contributed by atoms with van der Waals surface area (Å²) in [6.07, 6.45) is 2.66. The van der Waals surface area contributed by atoms with Crippen molar-refractivity contribution in [2.24, 2.45) is 11.8 Å². The second-order valence-corrected chi connectivity index (χ2v) is 9.86. The van der Waals surface area contributed by atoms with E-state index in [2.05, 4.69) is 86.0 Å². The van der Waals surface area contributed by atoms with Gasteiger partial charge in [0.1, 0.15) is 0 Å². The van der Waals surface area contributed by atoms with Gasteiger partial charge in [-0.1, -0.05) is 44.2 Å². The molecular weight excluding hydrogens is 420 g/mol. The molecule has 2 N–H and O–H groups in total. The van der Waals surface area contributed by atoms with Gasteiger partial charge in [0, 0.05) is 24.5 Å². The van der Waals surface area contributed by atoms with Crippen molar-refractivity contribution in [1.29, 1.82) is 0 Å². The molecule has 0 atom stereocenters. The molecule has 4 heteroatoms. The van der Waals surface area contributed by atoms with Gasteiger partial charge in [0.25, 0.3) is 0 Å². The molecule has 1 aliphatic rings. The van der Waals surface area contributed by atoms with Gasteiger partial charge >= 0.3 is 5.97 Å². The lowest BCUT2D eigenvalue weighted by atomic mass is 9.86. The molecule has 3 aromatic rings. The molecule has 0 unspecified atom stereocenters. The number of rotatable bonds is 9. The van der Waals surface area contributed by atoms with Crippen molar-refractivity contribution in [3.8, 4) is 22.3 Å². The smallest absolute Gasteiger partial charge is 0.338 e. The molecule has 0 amide bonds. The Morgan fingerprint density at radius 3 is 2.09 bits per heavy atom. The molecular formula is C30H36N2O2. The first kappa shape index (κ1) is 23.9. The number of carbonyl (C=O) groups is 1. The van der Waals surface area contributed by atoms with Crippen LogP contribution in [0.5, 0.6) is 0 Å². The Morgan fingerprint density at radius 2 is 1.53 bits per heavy atom. The number of benzene rings is 3. The number of esters is 1. The third-order valence-electron chi connectivity index (χ3n) is 6.55. The zero-order chi connectivity index (χ0) is 24.2. The fourth-order valence-electron chi connectivity index (χ4n) is 4.37. The topological polar surface area (TPSA) is 50.4 Å². The Bertz CT molecular complexity index is 1140. The summed E-state index contributed by atoms with van der Waals surface area (Å²) in [6.45, 7) is 10.5. The number of nitrogens with one attached hydrogen (secondary N) is 2. The van der Waals surface area contributed by atoms with E-state index in [0.717, 1.165) is 63.8 Å². The van der Waals surface area contributed by atoms with Crippen LogP contribution in [0.1, 0.15) is 48.2 Å². The van der Waals surface area contributed by atoms with E-state index in [4.69, 9.17) is 4.74 Å². The third kappa shape index (κ3) is 5.44. The fraction of sp³-hybridized carbons (Fsp3) is 0.367. The van der Waals surface area contributed by atoms with E-state index in [1.807, 2.05) is 6.92 Å². The molecule has 0 heterocycles. The van der Waals surface area contributed by atoms with Gasteiger partial charge in [-0.15, -0.1) is 0 Å². The molecule has 3 aromatic carbocycles. The predicted octanol–water partition coefficient (Wildman–Crippen LogP) is 7.31. The van der Waals surface area contributed by atoms with Crippen molar-refractivity contribution in [2.45, 2.75) is 40.5 Å². The average molecular weight is 457 g/mol. The Labute approximate surface area is 203 Å². The van der Waals surface area contributed by atoms with Crippen LogP contribution in [-0.4, -0.2) is 26.2 Å². The zero-order valence-corrected chi connectivity index (χ0v) is 21.0. The second kappa shape index (κ2) is 10.3. The van der Waals surface area contributed by atoms with E-state index in [0.29, 0.717) is 11.5 Å². The minimum atomic E-state index is -0.302. The Balaban J connectivity index is 1.68. The van der Waals surface area contributed by atoms with E-state index >= 15 is 0 Å². The van der Waals surface area contributed by atoms with Crippen molar-refractivity contribution in [3.05, 3.63) is 71.3 Å². The van der Waals surface area contributed by atoms with Crippen molar-refractivity contribution >= 4 is 17.3 Å². The number of hydrogen-bond donors (Lipinski definition) is 2. The summed E-state index contributed by atoms with van der Waals surface area (Å²) in [5, 5.41) is 6.98. The summed E-state index contributed by atoms with van der Waals surface area (Å²) < 4.78 is 5.23. The molecule has 0 aromatic heterocycles. The van der Waals surface area contributed by atoms with Gasteiger partial charge in [-0.25, -0.2) is 4.79 Å². The molecule has 4 rings (SSSR count). The lowest BCUT2D eigenvalue weighted by Crippen LogP contribution is -2.09. The molecule has 1 fully saturated rings. The zero-order valence-electron chi connectivity index (χ0n) is 21.0. The van der Waals surface area contributed by atoms with Crippen molar-refractivity contribution in [3.63, 3.8) is 0 Å². The van der Waals surface area contributed by atoms with Gasteiger partial charge in [0.15, 0.2) is 0 Å². The highest BCUT2D eigenvalue weighted by Crippen LogP contribution is 2.37. The van der Waals surface area contributed by atoms with E-state index in [-0.39, 0.29) is 5.97 Å². The van der Waals surface area contributed by atoms with Gasteiger partial charge in [-0.2, -0.15) is 0 Å². The second-order valence-electron chi connectivity index (χ2n) is 9.86. The summed E-state index contributed by atoms with van der Waals surface area (Å²) in [7, 11) is 1.45. The van der Waals surface area contributed by atoms with Gasteiger partial charge in [-0.05, 0) is 96.2 Å². The van der Waals surface area contributed by atoms with E-state index in [1.54, 1.807) is 0 Å². The van der Waals surface area contributed by atoms with Crippen molar-refractivity contribution in [1.82, 2.24) is 0 Å². The molecule has 0 saturated heterocycles.